The minimum atomic E-state index is -0.926. The third kappa shape index (κ3) is 4.40. The number of halogens is 3. The first kappa shape index (κ1) is 16.2. The molecule has 0 heterocycles. The normalized spacial score (nSPS) is 17.5. The van der Waals surface area contributed by atoms with Crippen LogP contribution < -0.4 is 5.32 Å². The molecule has 1 fully saturated rings. The Morgan fingerprint density at radius 2 is 1.90 bits per heavy atom. The largest absolute Gasteiger partial charge is 0.355 e. The predicted octanol–water partition coefficient (Wildman–Crippen LogP) is 3.81. The number of benzene rings is 1. The summed E-state index contributed by atoms with van der Waals surface area (Å²) in [6.07, 6.45) is 5.62. The minimum absolute atomic E-state index is 0.0104. The zero-order chi connectivity index (χ0) is 15.3. The zero-order valence-electron chi connectivity index (χ0n) is 11.9. The summed E-state index contributed by atoms with van der Waals surface area (Å²) < 4.78 is 25.9. The molecule has 0 radical (unpaired) electrons. The van der Waals surface area contributed by atoms with Crippen LogP contribution >= 0.6 is 11.6 Å². The number of carbonyl (C=O) groups is 1. The smallest absolute Gasteiger partial charge is 0.224 e. The number of amides is 1. The van der Waals surface area contributed by atoms with E-state index in [4.69, 9.17) is 11.6 Å². The molecule has 0 saturated heterocycles. The summed E-state index contributed by atoms with van der Waals surface area (Å²) in [6.45, 7) is 0.555. The fraction of sp³-hybridized carbons (Fsp3) is 0.562. The van der Waals surface area contributed by atoms with E-state index in [1.807, 2.05) is 0 Å². The van der Waals surface area contributed by atoms with Gasteiger partial charge in [-0.05, 0) is 30.5 Å². The average Bonchev–Trinajstić information content (AvgIpc) is 2.50. The fourth-order valence-corrected chi connectivity index (χ4v) is 3.20. The molecule has 116 valence electrons. The summed E-state index contributed by atoms with van der Waals surface area (Å²) >= 11 is 6.08. The van der Waals surface area contributed by atoms with Gasteiger partial charge in [-0.3, -0.25) is 4.79 Å². The Morgan fingerprint density at radius 1 is 1.19 bits per heavy atom. The van der Waals surface area contributed by atoms with Crippen LogP contribution in [0, 0.1) is 17.0 Å². The molecule has 1 aliphatic rings. The van der Waals surface area contributed by atoms with Crippen molar-refractivity contribution < 1.29 is 13.6 Å². The van der Waals surface area contributed by atoms with Crippen molar-refractivity contribution >= 4 is 17.5 Å². The molecule has 1 aromatic carbocycles. The van der Waals surface area contributed by atoms with Gasteiger partial charge in [0.05, 0.1) is 6.42 Å². The van der Waals surface area contributed by atoms with Crippen LogP contribution in [-0.2, 0) is 11.2 Å². The lowest BCUT2D eigenvalue weighted by Crippen LogP contribution is -2.40. The second-order valence-corrected chi connectivity index (χ2v) is 6.16. The lowest BCUT2D eigenvalue weighted by atomic mass is 9.75. The van der Waals surface area contributed by atoms with E-state index in [1.54, 1.807) is 0 Å². The van der Waals surface area contributed by atoms with E-state index in [0.29, 0.717) is 18.0 Å². The maximum atomic E-state index is 13.1. The van der Waals surface area contributed by atoms with Crippen molar-refractivity contribution in [3.63, 3.8) is 0 Å². The van der Waals surface area contributed by atoms with Gasteiger partial charge in [0.2, 0.25) is 5.91 Å². The molecule has 1 amide bonds. The van der Waals surface area contributed by atoms with Gasteiger partial charge < -0.3 is 5.32 Å². The summed E-state index contributed by atoms with van der Waals surface area (Å²) in [5.41, 5.74) is 0.457. The second kappa shape index (κ2) is 7.21. The van der Waals surface area contributed by atoms with E-state index in [1.165, 1.54) is 12.5 Å². The first-order valence-corrected chi connectivity index (χ1v) is 7.85. The molecule has 0 aliphatic heterocycles. The maximum Gasteiger partial charge on any atom is 0.224 e. The summed E-state index contributed by atoms with van der Waals surface area (Å²) in [7, 11) is 0. The Hall–Kier alpha value is -1.16. The molecule has 0 spiro atoms. The van der Waals surface area contributed by atoms with Crippen molar-refractivity contribution in [2.45, 2.75) is 38.5 Å². The summed E-state index contributed by atoms with van der Waals surface area (Å²) in [6, 6.07) is 3.53. The maximum absolute atomic E-state index is 13.1. The zero-order valence-corrected chi connectivity index (χ0v) is 12.7. The summed E-state index contributed by atoms with van der Waals surface area (Å²) in [4.78, 5) is 11.9. The van der Waals surface area contributed by atoms with Crippen LogP contribution in [0.1, 0.15) is 37.7 Å². The fourth-order valence-electron chi connectivity index (χ4n) is 2.84. The number of rotatable bonds is 5. The van der Waals surface area contributed by atoms with Gasteiger partial charge in [-0.25, -0.2) is 8.78 Å². The molecular weight excluding hydrogens is 296 g/mol. The highest BCUT2D eigenvalue weighted by atomic mass is 35.5. The van der Waals surface area contributed by atoms with Crippen LogP contribution in [0.25, 0.3) is 0 Å². The Labute approximate surface area is 128 Å². The molecular formula is C16H20ClF2NO. The van der Waals surface area contributed by atoms with E-state index >= 15 is 0 Å². The summed E-state index contributed by atoms with van der Waals surface area (Å²) in [5.74, 6) is -1.47. The monoisotopic (exact) mass is 315 g/mol. The van der Waals surface area contributed by atoms with E-state index in [9.17, 15) is 13.6 Å². The van der Waals surface area contributed by atoms with Crippen LogP contribution in [0.4, 0.5) is 8.78 Å². The van der Waals surface area contributed by atoms with Gasteiger partial charge in [0, 0.05) is 17.8 Å². The van der Waals surface area contributed by atoms with Crippen LogP contribution in [0.5, 0.6) is 0 Å². The van der Waals surface area contributed by atoms with Crippen LogP contribution in [0.2, 0.25) is 0 Å². The highest BCUT2D eigenvalue weighted by Gasteiger charge is 2.31. The van der Waals surface area contributed by atoms with Gasteiger partial charge in [0.25, 0.3) is 0 Å². The van der Waals surface area contributed by atoms with E-state index in [2.05, 4.69) is 5.32 Å². The number of carbonyl (C=O) groups excluding carboxylic acids is 1. The topological polar surface area (TPSA) is 29.1 Å². The SMILES string of the molecule is O=C(Cc1ccc(F)c(F)c1)NCC1(CCl)CCCCC1. The van der Waals surface area contributed by atoms with Crippen LogP contribution in [0.3, 0.4) is 0 Å². The van der Waals surface area contributed by atoms with E-state index in [0.717, 1.165) is 37.8 Å². The Kier molecular flexibility index (Phi) is 5.57. The Bertz CT molecular complexity index is 501. The molecule has 1 N–H and O–H groups in total. The molecule has 21 heavy (non-hydrogen) atoms. The number of hydrogen-bond donors (Lipinski definition) is 1. The number of nitrogens with one attached hydrogen (secondary N) is 1. The van der Waals surface area contributed by atoms with Gasteiger partial charge in [-0.2, -0.15) is 0 Å². The van der Waals surface area contributed by atoms with Gasteiger partial charge in [-0.1, -0.05) is 25.3 Å². The standard InChI is InChI=1S/C16H20ClF2NO/c17-10-16(6-2-1-3-7-16)11-20-15(21)9-12-4-5-13(18)14(19)8-12/h4-5,8H,1-3,6-7,9-11H2,(H,20,21). The van der Waals surface area contributed by atoms with E-state index < -0.39 is 11.6 Å². The summed E-state index contributed by atoms with van der Waals surface area (Å²) in [5, 5.41) is 2.89. The molecule has 1 aromatic rings. The number of alkyl halides is 1. The molecule has 2 nitrogen and oxygen atoms in total. The molecule has 0 bridgehead atoms. The van der Waals surface area contributed by atoms with Crippen molar-refractivity contribution in [3.8, 4) is 0 Å². The quantitative estimate of drug-likeness (QED) is 0.822. The van der Waals surface area contributed by atoms with Gasteiger partial charge >= 0.3 is 0 Å². The predicted molar refractivity (Wildman–Crippen MR) is 79.3 cm³/mol. The second-order valence-electron chi connectivity index (χ2n) is 5.90. The lowest BCUT2D eigenvalue weighted by Gasteiger charge is -2.35. The molecule has 0 unspecified atom stereocenters. The highest BCUT2D eigenvalue weighted by molar-refractivity contribution is 6.18. The molecule has 0 atom stereocenters. The molecule has 1 saturated carbocycles. The van der Waals surface area contributed by atoms with Crippen LogP contribution in [0.15, 0.2) is 18.2 Å². The lowest BCUT2D eigenvalue weighted by molar-refractivity contribution is -0.121. The Balaban J connectivity index is 1.87. The van der Waals surface area contributed by atoms with Crippen molar-refractivity contribution in [1.29, 1.82) is 0 Å². The molecule has 0 aromatic heterocycles. The van der Waals surface area contributed by atoms with Gasteiger partial charge in [0.15, 0.2) is 11.6 Å². The molecule has 5 heteroatoms. The molecule has 2 rings (SSSR count). The van der Waals surface area contributed by atoms with Gasteiger partial charge in [-0.15, -0.1) is 11.6 Å². The van der Waals surface area contributed by atoms with Crippen molar-refractivity contribution in [1.82, 2.24) is 5.32 Å². The number of hydrogen-bond acceptors (Lipinski definition) is 1. The van der Waals surface area contributed by atoms with Gasteiger partial charge in [0.1, 0.15) is 0 Å². The van der Waals surface area contributed by atoms with Crippen molar-refractivity contribution in [2.75, 3.05) is 12.4 Å². The third-order valence-corrected chi connectivity index (χ3v) is 4.77. The highest BCUT2D eigenvalue weighted by Crippen LogP contribution is 2.36. The average molecular weight is 316 g/mol. The van der Waals surface area contributed by atoms with Crippen molar-refractivity contribution in [2.24, 2.45) is 5.41 Å². The third-order valence-electron chi connectivity index (χ3n) is 4.21. The van der Waals surface area contributed by atoms with Crippen LogP contribution in [-0.4, -0.2) is 18.3 Å². The van der Waals surface area contributed by atoms with E-state index in [-0.39, 0.29) is 17.7 Å². The first-order chi connectivity index (χ1) is 10.0. The first-order valence-electron chi connectivity index (χ1n) is 7.31. The minimum Gasteiger partial charge on any atom is -0.355 e. The Morgan fingerprint density at radius 3 is 2.52 bits per heavy atom. The van der Waals surface area contributed by atoms with Crippen molar-refractivity contribution in [3.05, 3.63) is 35.4 Å². The molecule has 1 aliphatic carbocycles.